The van der Waals surface area contributed by atoms with Gasteiger partial charge in [-0.25, -0.2) is 8.42 Å². The summed E-state index contributed by atoms with van der Waals surface area (Å²) < 4.78 is 24.0. The lowest BCUT2D eigenvalue weighted by molar-refractivity contribution is -0.131. The number of amides is 1. The Morgan fingerprint density at radius 2 is 2.11 bits per heavy atom. The standard InChI is InChI=1S/C12H24N2O3S2/c1-2-19(16,17)12-10-18-9-8-14(12)11(15)6-4-3-5-7-13/h12H,2-10,13H2,1H3. The number of unbranched alkanes of at least 4 members (excludes halogenated alkanes) is 2. The first-order chi connectivity index (χ1) is 9.03. The van der Waals surface area contributed by atoms with E-state index in [0.717, 1.165) is 25.0 Å². The molecular weight excluding hydrogens is 284 g/mol. The minimum atomic E-state index is -3.19. The van der Waals surface area contributed by atoms with Gasteiger partial charge in [-0.3, -0.25) is 4.79 Å². The van der Waals surface area contributed by atoms with Gasteiger partial charge in [-0.1, -0.05) is 13.3 Å². The van der Waals surface area contributed by atoms with Crippen molar-refractivity contribution < 1.29 is 13.2 Å². The van der Waals surface area contributed by atoms with E-state index in [1.54, 1.807) is 23.6 Å². The van der Waals surface area contributed by atoms with E-state index in [1.165, 1.54) is 0 Å². The quantitative estimate of drug-likeness (QED) is 0.705. The molecule has 0 aliphatic carbocycles. The highest BCUT2D eigenvalue weighted by atomic mass is 32.2. The maximum Gasteiger partial charge on any atom is 0.223 e. The van der Waals surface area contributed by atoms with Crippen molar-refractivity contribution in [1.29, 1.82) is 0 Å². The second-order valence-corrected chi connectivity index (χ2v) is 8.26. The van der Waals surface area contributed by atoms with Crippen LogP contribution in [0.25, 0.3) is 0 Å². The normalized spacial score (nSPS) is 20.5. The van der Waals surface area contributed by atoms with Crippen molar-refractivity contribution in [3.63, 3.8) is 0 Å². The summed E-state index contributed by atoms with van der Waals surface area (Å²) in [6, 6.07) is 0. The fourth-order valence-corrected chi connectivity index (χ4v) is 5.08. The van der Waals surface area contributed by atoms with Gasteiger partial charge in [0.15, 0.2) is 9.84 Å². The fourth-order valence-electron chi connectivity index (χ4n) is 2.10. The van der Waals surface area contributed by atoms with Gasteiger partial charge >= 0.3 is 0 Å². The molecule has 19 heavy (non-hydrogen) atoms. The number of nitrogens with two attached hydrogens (primary N) is 1. The Morgan fingerprint density at radius 3 is 2.74 bits per heavy atom. The van der Waals surface area contributed by atoms with Crippen molar-refractivity contribution in [1.82, 2.24) is 4.90 Å². The van der Waals surface area contributed by atoms with Gasteiger partial charge in [-0.2, -0.15) is 11.8 Å². The molecule has 2 N–H and O–H groups in total. The third kappa shape index (κ3) is 4.96. The maximum atomic E-state index is 12.2. The molecule has 0 aromatic heterocycles. The number of nitrogens with zero attached hydrogens (tertiary/aromatic N) is 1. The molecule has 0 radical (unpaired) electrons. The Labute approximate surface area is 120 Å². The zero-order chi connectivity index (χ0) is 14.3. The van der Waals surface area contributed by atoms with Gasteiger partial charge in [0.25, 0.3) is 0 Å². The van der Waals surface area contributed by atoms with Crippen LogP contribution in [0.5, 0.6) is 0 Å². The number of thioether (sulfide) groups is 1. The van der Waals surface area contributed by atoms with Crippen LogP contribution in [0.2, 0.25) is 0 Å². The fraction of sp³-hybridized carbons (Fsp3) is 0.917. The van der Waals surface area contributed by atoms with Gasteiger partial charge < -0.3 is 10.6 Å². The highest BCUT2D eigenvalue weighted by molar-refractivity contribution is 8.01. The summed E-state index contributed by atoms with van der Waals surface area (Å²) in [5.41, 5.74) is 5.41. The second-order valence-electron chi connectivity index (χ2n) is 4.67. The van der Waals surface area contributed by atoms with Crippen LogP contribution in [0, 0.1) is 0 Å². The Hall–Kier alpha value is -0.270. The molecule has 1 aliphatic heterocycles. The number of rotatable bonds is 7. The summed E-state index contributed by atoms with van der Waals surface area (Å²) in [4.78, 5) is 13.7. The van der Waals surface area contributed by atoms with Crippen molar-refractivity contribution in [3.8, 4) is 0 Å². The predicted octanol–water partition coefficient (Wildman–Crippen LogP) is 0.842. The Bertz CT molecular complexity index is 384. The Balaban J connectivity index is 2.59. The summed E-state index contributed by atoms with van der Waals surface area (Å²) in [6.07, 6.45) is 3.06. The van der Waals surface area contributed by atoms with Crippen LogP contribution >= 0.6 is 11.8 Å². The van der Waals surface area contributed by atoms with Crippen LogP contribution in [-0.2, 0) is 14.6 Å². The largest absolute Gasteiger partial charge is 0.330 e. The van der Waals surface area contributed by atoms with E-state index in [0.29, 0.717) is 25.3 Å². The van der Waals surface area contributed by atoms with Crippen LogP contribution in [-0.4, -0.2) is 54.9 Å². The number of hydrogen-bond donors (Lipinski definition) is 1. The van der Waals surface area contributed by atoms with Gasteiger partial charge in [-0.05, 0) is 19.4 Å². The van der Waals surface area contributed by atoms with Crippen molar-refractivity contribution in [2.75, 3.05) is 30.3 Å². The summed E-state index contributed by atoms with van der Waals surface area (Å²) in [5, 5.41) is -0.627. The van der Waals surface area contributed by atoms with Crippen molar-refractivity contribution >= 4 is 27.5 Å². The molecule has 1 aliphatic rings. The van der Waals surface area contributed by atoms with Crippen LogP contribution < -0.4 is 5.73 Å². The molecule has 1 amide bonds. The second kappa shape index (κ2) is 8.11. The molecule has 0 bridgehead atoms. The van der Waals surface area contributed by atoms with E-state index in [2.05, 4.69) is 0 Å². The number of sulfone groups is 1. The van der Waals surface area contributed by atoms with Gasteiger partial charge in [0.05, 0.1) is 0 Å². The molecule has 0 aromatic rings. The molecular formula is C12H24N2O3S2. The summed E-state index contributed by atoms with van der Waals surface area (Å²) in [5.74, 6) is 1.39. The molecule has 1 saturated heterocycles. The first-order valence-corrected chi connectivity index (χ1v) is 9.68. The molecule has 112 valence electrons. The molecule has 1 atom stereocenters. The van der Waals surface area contributed by atoms with E-state index in [4.69, 9.17) is 5.73 Å². The van der Waals surface area contributed by atoms with Crippen LogP contribution in [0.15, 0.2) is 0 Å². The van der Waals surface area contributed by atoms with E-state index in [1.807, 2.05) is 0 Å². The average molecular weight is 308 g/mol. The van der Waals surface area contributed by atoms with Crippen molar-refractivity contribution in [2.45, 2.75) is 38.0 Å². The Morgan fingerprint density at radius 1 is 1.37 bits per heavy atom. The summed E-state index contributed by atoms with van der Waals surface area (Å²) >= 11 is 1.61. The van der Waals surface area contributed by atoms with Gasteiger partial charge in [0.1, 0.15) is 5.37 Å². The molecule has 1 rings (SSSR count). The van der Waals surface area contributed by atoms with E-state index in [-0.39, 0.29) is 11.7 Å². The van der Waals surface area contributed by atoms with Crippen LogP contribution in [0.1, 0.15) is 32.6 Å². The third-order valence-corrected chi connectivity index (χ3v) is 6.61. The first kappa shape index (κ1) is 16.8. The van der Waals surface area contributed by atoms with E-state index < -0.39 is 15.2 Å². The lowest BCUT2D eigenvalue weighted by atomic mass is 10.2. The van der Waals surface area contributed by atoms with E-state index in [9.17, 15) is 13.2 Å². The molecule has 1 heterocycles. The van der Waals surface area contributed by atoms with Crippen molar-refractivity contribution in [2.24, 2.45) is 5.73 Å². The Kier molecular flexibility index (Phi) is 7.17. The molecule has 7 heteroatoms. The maximum absolute atomic E-state index is 12.2. The number of carbonyl (C=O) groups is 1. The molecule has 5 nitrogen and oxygen atoms in total. The lowest BCUT2D eigenvalue weighted by Crippen LogP contribution is -2.50. The zero-order valence-electron chi connectivity index (χ0n) is 11.5. The smallest absolute Gasteiger partial charge is 0.223 e. The van der Waals surface area contributed by atoms with E-state index >= 15 is 0 Å². The molecule has 1 unspecified atom stereocenters. The highest BCUT2D eigenvalue weighted by Crippen LogP contribution is 2.22. The van der Waals surface area contributed by atoms with Gasteiger partial charge in [0.2, 0.25) is 5.91 Å². The first-order valence-electron chi connectivity index (χ1n) is 6.81. The zero-order valence-corrected chi connectivity index (χ0v) is 13.1. The molecule has 0 aromatic carbocycles. The number of carbonyl (C=O) groups excluding carboxylic acids is 1. The third-order valence-electron chi connectivity index (χ3n) is 3.32. The minimum Gasteiger partial charge on any atom is -0.330 e. The van der Waals surface area contributed by atoms with Crippen LogP contribution in [0.4, 0.5) is 0 Å². The topological polar surface area (TPSA) is 80.5 Å². The SMILES string of the molecule is CCS(=O)(=O)C1CSCCN1C(=O)CCCCCN. The number of hydrogen-bond acceptors (Lipinski definition) is 5. The molecule has 0 saturated carbocycles. The van der Waals surface area contributed by atoms with Gasteiger partial charge in [0, 0.05) is 30.2 Å². The highest BCUT2D eigenvalue weighted by Gasteiger charge is 2.35. The van der Waals surface area contributed by atoms with Gasteiger partial charge in [-0.15, -0.1) is 0 Å². The molecule has 1 fully saturated rings. The summed E-state index contributed by atoms with van der Waals surface area (Å²) in [7, 11) is -3.19. The van der Waals surface area contributed by atoms with Crippen molar-refractivity contribution in [3.05, 3.63) is 0 Å². The predicted molar refractivity (Wildman–Crippen MR) is 79.8 cm³/mol. The minimum absolute atomic E-state index is 0.0284. The summed E-state index contributed by atoms with van der Waals surface area (Å²) in [6.45, 7) is 2.82. The lowest BCUT2D eigenvalue weighted by Gasteiger charge is -2.34. The molecule has 0 spiro atoms. The van der Waals surface area contributed by atoms with Crippen LogP contribution in [0.3, 0.4) is 0 Å². The monoisotopic (exact) mass is 308 g/mol. The average Bonchev–Trinajstić information content (AvgIpc) is 2.43.